The second-order valence-electron chi connectivity index (χ2n) is 4.53. The summed E-state index contributed by atoms with van der Waals surface area (Å²) in [6, 6.07) is 0. The van der Waals surface area contributed by atoms with Crippen LogP contribution in [0.5, 0.6) is 0 Å². The molecule has 0 saturated heterocycles. The SMILES string of the molecule is CC(C)CCCC1=CC(C)CCO1. The average Bonchev–Trinajstić information content (AvgIpc) is 2.03. The van der Waals surface area contributed by atoms with Gasteiger partial charge in [0, 0.05) is 6.42 Å². The van der Waals surface area contributed by atoms with Gasteiger partial charge in [0.05, 0.1) is 12.4 Å². The molecule has 0 aromatic heterocycles. The molecular formula is C12H22O. The van der Waals surface area contributed by atoms with E-state index >= 15 is 0 Å². The van der Waals surface area contributed by atoms with Crippen LogP contribution in [0.25, 0.3) is 0 Å². The minimum Gasteiger partial charge on any atom is -0.498 e. The van der Waals surface area contributed by atoms with Crippen molar-refractivity contribution < 1.29 is 4.74 Å². The number of hydrogen-bond donors (Lipinski definition) is 0. The normalized spacial score (nSPS) is 22.8. The predicted molar refractivity (Wildman–Crippen MR) is 56.5 cm³/mol. The maximum absolute atomic E-state index is 5.59. The molecule has 1 aliphatic heterocycles. The van der Waals surface area contributed by atoms with E-state index in [1.165, 1.54) is 25.0 Å². The number of ether oxygens (including phenoxy) is 1. The van der Waals surface area contributed by atoms with E-state index in [0.717, 1.165) is 24.9 Å². The molecule has 0 amide bonds. The van der Waals surface area contributed by atoms with Crippen LogP contribution in [0.1, 0.15) is 46.5 Å². The first-order valence-corrected chi connectivity index (χ1v) is 5.52. The zero-order valence-electron chi connectivity index (χ0n) is 9.18. The van der Waals surface area contributed by atoms with Crippen molar-refractivity contribution in [3.63, 3.8) is 0 Å². The van der Waals surface area contributed by atoms with Crippen LogP contribution in [0, 0.1) is 11.8 Å². The van der Waals surface area contributed by atoms with Gasteiger partial charge in [-0.1, -0.05) is 27.2 Å². The van der Waals surface area contributed by atoms with Crippen molar-refractivity contribution in [1.82, 2.24) is 0 Å². The van der Waals surface area contributed by atoms with E-state index < -0.39 is 0 Å². The summed E-state index contributed by atoms with van der Waals surface area (Å²) in [5, 5.41) is 0. The van der Waals surface area contributed by atoms with Crippen LogP contribution in [-0.4, -0.2) is 6.61 Å². The van der Waals surface area contributed by atoms with Crippen molar-refractivity contribution in [2.75, 3.05) is 6.61 Å². The van der Waals surface area contributed by atoms with E-state index in [2.05, 4.69) is 26.8 Å². The highest BCUT2D eigenvalue weighted by molar-refractivity contribution is 4.98. The lowest BCUT2D eigenvalue weighted by Gasteiger charge is -2.19. The zero-order chi connectivity index (χ0) is 9.68. The summed E-state index contributed by atoms with van der Waals surface area (Å²) in [5.74, 6) is 2.78. The minimum absolute atomic E-state index is 0.725. The van der Waals surface area contributed by atoms with Crippen LogP contribution in [0.3, 0.4) is 0 Å². The molecule has 1 nitrogen and oxygen atoms in total. The topological polar surface area (TPSA) is 9.23 Å². The molecule has 13 heavy (non-hydrogen) atoms. The Kier molecular flexibility index (Phi) is 4.34. The molecule has 0 fully saturated rings. The molecule has 0 bridgehead atoms. The van der Waals surface area contributed by atoms with Gasteiger partial charge in [-0.3, -0.25) is 0 Å². The molecular weight excluding hydrogens is 160 g/mol. The van der Waals surface area contributed by atoms with E-state index in [0.29, 0.717) is 0 Å². The second-order valence-corrected chi connectivity index (χ2v) is 4.53. The molecule has 0 spiro atoms. The Labute approximate surface area is 82.2 Å². The Bertz CT molecular complexity index is 170. The summed E-state index contributed by atoms with van der Waals surface area (Å²) in [6.45, 7) is 7.75. The van der Waals surface area contributed by atoms with Crippen molar-refractivity contribution in [2.45, 2.75) is 46.5 Å². The summed E-state index contributed by atoms with van der Waals surface area (Å²) in [5.41, 5.74) is 0. The Hall–Kier alpha value is -0.460. The molecule has 1 heteroatoms. The second kappa shape index (κ2) is 5.31. The van der Waals surface area contributed by atoms with E-state index in [9.17, 15) is 0 Å². The first kappa shape index (κ1) is 10.6. The molecule has 1 aliphatic rings. The highest BCUT2D eigenvalue weighted by Gasteiger charge is 2.09. The molecule has 0 aromatic rings. The fourth-order valence-electron chi connectivity index (χ4n) is 1.66. The molecule has 1 heterocycles. The predicted octanol–water partition coefficient (Wildman–Crippen LogP) is 3.75. The van der Waals surface area contributed by atoms with Gasteiger partial charge >= 0.3 is 0 Å². The average molecular weight is 182 g/mol. The quantitative estimate of drug-likeness (QED) is 0.643. The van der Waals surface area contributed by atoms with Crippen LogP contribution in [-0.2, 0) is 4.74 Å². The van der Waals surface area contributed by atoms with E-state index in [4.69, 9.17) is 4.74 Å². The van der Waals surface area contributed by atoms with Crippen molar-refractivity contribution in [3.8, 4) is 0 Å². The monoisotopic (exact) mass is 182 g/mol. The van der Waals surface area contributed by atoms with Crippen molar-refractivity contribution >= 4 is 0 Å². The summed E-state index contributed by atoms with van der Waals surface area (Å²) < 4.78 is 5.59. The molecule has 1 atom stereocenters. The van der Waals surface area contributed by atoms with Gasteiger partial charge in [0.2, 0.25) is 0 Å². The Morgan fingerprint density at radius 3 is 2.92 bits per heavy atom. The third kappa shape index (κ3) is 4.35. The maximum Gasteiger partial charge on any atom is 0.0922 e. The van der Waals surface area contributed by atoms with Gasteiger partial charge in [-0.05, 0) is 30.8 Å². The smallest absolute Gasteiger partial charge is 0.0922 e. The van der Waals surface area contributed by atoms with Crippen molar-refractivity contribution in [1.29, 1.82) is 0 Å². The Morgan fingerprint density at radius 2 is 2.31 bits per heavy atom. The third-order valence-electron chi connectivity index (χ3n) is 2.54. The van der Waals surface area contributed by atoms with Gasteiger partial charge in [0.1, 0.15) is 0 Å². The molecule has 1 rings (SSSR count). The standard InChI is InChI=1S/C12H22O/c1-10(2)5-4-6-12-9-11(3)7-8-13-12/h9-11H,4-8H2,1-3H3. The fraction of sp³-hybridized carbons (Fsp3) is 0.833. The summed E-state index contributed by atoms with van der Waals surface area (Å²) >= 11 is 0. The number of allylic oxidation sites excluding steroid dienone is 2. The van der Waals surface area contributed by atoms with Crippen LogP contribution in [0.15, 0.2) is 11.8 Å². The molecule has 0 aromatic carbocycles. The lowest BCUT2D eigenvalue weighted by Crippen LogP contribution is -2.08. The highest BCUT2D eigenvalue weighted by atomic mass is 16.5. The maximum atomic E-state index is 5.59. The lowest BCUT2D eigenvalue weighted by atomic mass is 10.0. The van der Waals surface area contributed by atoms with Crippen molar-refractivity contribution in [3.05, 3.63) is 11.8 Å². The molecule has 0 radical (unpaired) electrons. The van der Waals surface area contributed by atoms with Crippen LogP contribution < -0.4 is 0 Å². The van der Waals surface area contributed by atoms with E-state index in [1.54, 1.807) is 0 Å². The Balaban J connectivity index is 2.20. The van der Waals surface area contributed by atoms with Crippen LogP contribution in [0.4, 0.5) is 0 Å². The first-order valence-electron chi connectivity index (χ1n) is 5.52. The molecule has 0 saturated carbocycles. The van der Waals surface area contributed by atoms with Crippen LogP contribution >= 0.6 is 0 Å². The first-order chi connectivity index (χ1) is 6.18. The van der Waals surface area contributed by atoms with Gasteiger partial charge in [0.15, 0.2) is 0 Å². The summed E-state index contributed by atoms with van der Waals surface area (Å²) in [4.78, 5) is 0. The minimum atomic E-state index is 0.725. The van der Waals surface area contributed by atoms with E-state index in [-0.39, 0.29) is 0 Å². The van der Waals surface area contributed by atoms with Crippen molar-refractivity contribution in [2.24, 2.45) is 11.8 Å². The number of hydrogen-bond acceptors (Lipinski definition) is 1. The zero-order valence-corrected chi connectivity index (χ0v) is 9.18. The van der Waals surface area contributed by atoms with Gasteiger partial charge < -0.3 is 4.74 Å². The van der Waals surface area contributed by atoms with E-state index in [1.807, 2.05) is 0 Å². The molecule has 76 valence electrons. The summed E-state index contributed by atoms with van der Waals surface area (Å²) in [7, 11) is 0. The fourth-order valence-corrected chi connectivity index (χ4v) is 1.66. The Morgan fingerprint density at radius 1 is 1.54 bits per heavy atom. The van der Waals surface area contributed by atoms with Gasteiger partial charge in [0.25, 0.3) is 0 Å². The van der Waals surface area contributed by atoms with Gasteiger partial charge in [-0.2, -0.15) is 0 Å². The molecule has 0 N–H and O–H groups in total. The highest BCUT2D eigenvalue weighted by Crippen LogP contribution is 2.21. The third-order valence-corrected chi connectivity index (χ3v) is 2.54. The van der Waals surface area contributed by atoms with Crippen LogP contribution in [0.2, 0.25) is 0 Å². The van der Waals surface area contributed by atoms with Gasteiger partial charge in [-0.15, -0.1) is 0 Å². The van der Waals surface area contributed by atoms with Gasteiger partial charge in [-0.25, -0.2) is 0 Å². The summed E-state index contributed by atoms with van der Waals surface area (Å²) in [6.07, 6.45) is 7.21. The molecule has 1 unspecified atom stereocenters. The lowest BCUT2D eigenvalue weighted by molar-refractivity contribution is 0.166. The largest absolute Gasteiger partial charge is 0.498 e. The molecule has 0 aliphatic carbocycles. The number of rotatable bonds is 4.